The molecule has 0 aromatic carbocycles. The third kappa shape index (κ3) is 3.59. The van der Waals surface area contributed by atoms with Gasteiger partial charge in [-0.05, 0) is 65.0 Å². The molecule has 110 valence electrons. The number of amides is 1. The van der Waals surface area contributed by atoms with Crippen molar-refractivity contribution in [3.8, 4) is 0 Å². The first-order valence-corrected chi connectivity index (χ1v) is 7.15. The van der Waals surface area contributed by atoms with Crippen LogP contribution >= 0.6 is 0 Å². The third-order valence-corrected chi connectivity index (χ3v) is 4.15. The van der Waals surface area contributed by atoms with Gasteiger partial charge in [-0.15, -0.1) is 0 Å². The van der Waals surface area contributed by atoms with E-state index in [1.807, 2.05) is 20.8 Å². The van der Waals surface area contributed by atoms with Crippen molar-refractivity contribution in [1.82, 2.24) is 10.6 Å². The summed E-state index contributed by atoms with van der Waals surface area (Å²) in [6.45, 7) is 7.30. The summed E-state index contributed by atoms with van der Waals surface area (Å²) in [7, 11) is 0. The molecule has 4 nitrogen and oxygen atoms in total. The van der Waals surface area contributed by atoms with Gasteiger partial charge in [-0.2, -0.15) is 0 Å². The molecule has 0 bridgehead atoms. The van der Waals surface area contributed by atoms with Crippen LogP contribution < -0.4 is 10.6 Å². The number of rotatable bonds is 1. The van der Waals surface area contributed by atoms with Gasteiger partial charge in [0.1, 0.15) is 11.8 Å². The van der Waals surface area contributed by atoms with E-state index < -0.39 is 17.9 Å². The molecule has 2 aliphatic rings. The Morgan fingerprint density at radius 2 is 2.00 bits per heavy atom. The first kappa shape index (κ1) is 14.6. The second-order valence-corrected chi connectivity index (χ2v) is 6.85. The van der Waals surface area contributed by atoms with Gasteiger partial charge in [0.2, 0.25) is 0 Å². The zero-order valence-electron chi connectivity index (χ0n) is 12.1. The number of ether oxygens (including phenoxy) is 1. The molecule has 1 aliphatic carbocycles. The normalized spacial score (nSPS) is 30.3. The van der Waals surface area contributed by atoms with Crippen molar-refractivity contribution >= 4 is 6.09 Å². The van der Waals surface area contributed by atoms with Crippen molar-refractivity contribution in [3.63, 3.8) is 0 Å². The molecule has 2 atom stereocenters. The Labute approximate surface area is 114 Å². The van der Waals surface area contributed by atoms with E-state index in [1.165, 1.54) is 0 Å². The molecule has 1 saturated carbocycles. The van der Waals surface area contributed by atoms with Gasteiger partial charge in [0.25, 0.3) is 0 Å². The van der Waals surface area contributed by atoms with Crippen molar-refractivity contribution in [2.75, 3.05) is 13.1 Å². The van der Waals surface area contributed by atoms with Gasteiger partial charge in [-0.3, -0.25) is 0 Å². The standard InChI is InChI=1S/C14H25FN2O2/c1-13(2,3)19-12(18)17-11-8-10(15)9-14(11)4-6-16-7-5-14/h10-11,16H,4-9H2,1-3H3,(H,17,18)/t10-,11-/m1/s1. The molecule has 0 unspecified atom stereocenters. The van der Waals surface area contributed by atoms with E-state index in [0.29, 0.717) is 12.8 Å². The lowest BCUT2D eigenvalue weighted by Gasteiger charge is -2.39. The molecule has 0 radical (unpaired) electrons. The summed E-state index contributed by atoms with van der Waals surface area (Å²) >= 11 is 0. The number of hydrogen-bond donors (Lipinski definition) is 2. The molecule has 2 rings (SSSR count). The summed E-state index contributed by atoms with van der Waals surface area (Å²) in [5.41, 5.74) is -0.597. The summed E-state index contributed by atoms with van der Waals surface area (Å²) in [5, 5.41) is 6.19. The van der Waals surface area contributed by atoms with Gasteiger partial charge in [0.15, 0.2) is 0 Å². The summed E-state index contributed by atoms with van der Waals surface area (Å²) in [5.74, 6) is 0. The van der Waals surface area contributed by atoms with Gasteiger partial charge in [0, 0.05) is 6.04 Å². The average molecular weight is 272 g/mol. The number of nitrogens with one attached hydrogen (secondary N) is 2. The van der Waals surface area contributed by atoms with E-state index in [9.17, 15) is 9.18 Å². The Hall–Kier alpha value is -0.840. The van der Waals surface area contributed by atoms with E-state index in [4.69, 9.17) is 4.74 Å². The van der Waals surface area contributed by atoms with E-state index in [1.54, 1.807) is 0 Å². The molecular weight excluding hydrogens is 247 g/mol. The minimum absolute atomic E-state index is 0.0818. The van der Waals surface area contributed by atoms with Gasteiger partial charge < -0.3 is 15.4 Å². The van der Waals surface area contributed by atoms with Gasteiger partial charge >= 0.3 is 6.09 Å². The van der Waals surface area contributed by atoms with Crippen LogP contribution in [0.3, 0.4) is 0 Å². The molecule has 1 spiro atoms. The molecule has 0 aromatic rings. The number of carbonyl (C=O) groups is 1. The Balaban J connectivity index is 1.99. The molecule has 1 aliphatic heterocycles. The van der Waals surface area contributed by atoms with Crippen molar-refractivity contribution in [2.24, 2.45) is 5.41 Å². The zero-order valence-corrected chi connectivity index (χ0v) is 12.1. The predicted molar refractivity (Wildman–Crippen MR) is 71.8 cm³/mol. The van der Waals surface area contributed by atoms with E-state index in [2.05, 4.69) is 10.6 Å². The second-order valence-electron chi connectivity index (χ2n) is 6.85. The highest BCUT2D eigenvalue weighted by atomic mass is 19.1. The molecule has 2 N–H and O–H groups in total. The lowest BCUT2D eigenvalue weighted by atomic mass is 9.74. The number of piperidine rings is 1. The van der Waals surface area contributed by atoms with Crippen molar-refractivity contribution in [3.05, 3.63) is 0 Å². The summed E-state index contributed by atoms with van der Waals surface area (Å²) in [4.78, 5) is 11.9. The molecule has 1 amide bonds. The smallest absolute Gasteiger partial charge is 0.407 e. The number of alkyl halides is 1. The van der Waals surface area contributed by atoms with E-state index in [-0.39, 0.29) is 11.5 Å². The maximum atomic E-state index is 13.8. The molecule has 1 heterocycles. The van der Waals surface area contributed by atoms with E-state index >= 15 is 0 Å². The molecular formula is C14H25FN2O2. The second kappa shape index (κ2) is 5.27. The van der Waals surface area contributed by atoms with Crippen LogP contribution in [0.15, 0.2) is 0 Å². The van der Waals surface area contributed by atoms with Crippen molar-refractivity contribution in [2.45, 2.75) is 64.3 Å². The minimum atomic E-state index is -0.807. The van der Waals surface area contributed by atoms with Crippen LogP contribution in [-0.4, -0.2) is 37.0 Å². The molecule has 19 heavy (non-hydrogen) atoms. The van der Waals surface area contributed by atoms with Gasteiger partial charge in [0.05, 0.1) is 0 Å². The SMILES string of the molecule is CC(C)(C)OC(=O)N[C@@H]1C[C@@H](F)CC12CCNCC2. The Kier molecular flexibility index (Phi) is 4.04. The first-order valence-electron chi connectivity index (χ1n) is 7.15. The lowest BCUT2D eigenvalue weighted by molar-refractivity contribution is 0.0437. The number of carbonyl (C=O) groups excluding carboxylic acids is 1. The number of hydrogen-bond acceptors (Lipinski definition) is 3. The highest BCUT2D eigenvalue weighted by Crippen LogP contribution is 2.46. The Morgan fingerprint density at radius 3 is 2.58 bits per heavy atom. The van der Waals surface area contributed by atoms with Crippen LogP contribution in [0, 0.1) is 5.41 Å². The van der Waals surface area contributed by atoms with Gasteiger partial charge in [-0.25, -0.2) is 9.18 Å². The van der Waals surface area contributed by atoms with Gasteiger partial charge in [-0.1, -0.05) is 0 Å². The molecule has 1 saturated heterocycles. The van der Waals surface area contributed by atoms with Crippen LogP contribution in [0.5, 0.6) is 0 Å². The van der Waals surface area contributed by atoms with Crippen molar-refractivity contribution < 1.29 is 13.9 Å². The maximum absolute atomic E-state index is 13.8. The fourth-order valence-corrected chi connectivity index (χ4v) is 3.31. The molecule has 2 fully saturated rings. The van der Waals surface area contributed by atoms with Crippen LogP contribution in [0.1, 0.15) is 46.5 Å². The largest absolute Gasteiger partial charge is 0.444 e. The number of halogens is 1. The monoisotopic (exact) mass is 272 g/mol. The number of alkyl carbamates (subject to hydrolysis) is 1. The summed E-state index contributed by atoms with van der Waals surface area (Å²) in [6, 6.07) is -0.0977. The van der Waals surface area contributed by atoms with Crippen molar-refractivity contribution in [1.29, 1.82) is 0 Å². The quantitative estimate of drug-likeness (QED) is 0.770. The Morgan fingerprint density at radius 1 is 1.37 bits per heavy atom. The Bertz CT molecular complexity index is 335. The first-order chi connectivity index (χ1) is 8.81. The molecule has 0 aromatic heterocycles. The van der Waals surface area contributed by atoms with Crippen LogP contribution in [0.2, 0.25) is 0 Å². The lowest BCUT2D eigenvalue weighted by Crippen LogP contribution is -2.50. The zero-order chi connectivity index (χ0) is 14.1. The summed E-state index contributed by atoms with van der Waals surface area (Å²) < 4.78 is 19.1. The highest BCUT2D eigenvalue weighted by molar-refractivity contribution is 5.68. The third-order valence-electron chi connectivity index (χ3n) is 4.15. The maximum Gasteiger partial charge on any atom is 0.407 e. The van der Waals surface area contributed by atoms with Crippen LogP contribution in [-0.2, 0) is 4.74 Å². The highest BCUT2D eigenvalue weighted by Gasteiger charge is 2.48. The average Bonchev–Trinajstić information content (AvgIpc) is 2.53. The fraction of sp³-hybridized carbons (Fsp3) is 0.929. The fourth-order valence-electron chi connectivity index (χ4n) is 3.31. The summed E-state index contributed by atoms with van der Waals surface area (Å²) in [6.07, 6.45) is 1.60. The van der Waals surface area contributed by atoms with Crippen LogP contribution in [0.25, 0.3) is 0 Å². The van der Waals surface area contributed by atoms with Crippen LogP contribution in [0.4, 0.5) is 9.18 Å². The molecule has 5 heteroatoms. The predicted octanol–water partition coefficient (Wildman–Crippen LogP) is 2.38. The topological polar surface area (TPSA) is 50.4 Å². The van der Waals surface area contributed by atoms with E-state index in [0.717, 1.165) is 25.9 Å². The minimum Gasteiger partial charge on any atom is -0.444 e.